The summed E-state index contributed by atoms with van der Waals surface area (Å²) >= 11 is 0. The normalized spacial score (nSPS) is 13.2. The minimum absolute atomic E-state index is 0.0185. The molecule has 33 heavy (non-hydrogen) atoms. The molecular formula is C22H33N5O6. The number of alkyl carbamates (subject to hydrolysis) is 1. The van der Waals surface area contributed by atoms with E-state index >= 15 is 0 Å². The van der Waals surface area contributed by atoms with Gasteiger partial charge in [0.2, 0.25) is 5.91 Å². The average Bonchev–Trinajstić information content (AvgIpc) is 2.79. The lowest BCUT2D eigenvalue weighted by atomic mass is 9.97. The number of amides is 2. The SMILES string of the molecule is C[C@H](CC(=O)[C@@H](CCO)NC(=O)OCc1ccccc1)C(=O)N[C@H](C=O)CCCN=C(N)N. The van der Waals surface area contributed by atoms with Crippen molar-refractivity contribution in [3.63, 3.8) is 0 Å². The number of ether oxygens (including phenoxy) is 1. The average molecular weight is 464 g/mol. The molecule has 1 aromatic carbocycles. The van der Waals surface area contributed by atoms with E-state index in [-0.39, 0.29) is 32.0 Å². The Morgan fingerprint density at radius 1 is 1.15 bits per heavy atom. The van der Waals surface area contributed by atoms with E-state index in [2.05, 4.69) is 15.6 Å². The Morgan fingerprint density at radius 3 is 2.45 bits per heavy atom. The van der Waals surface area contributed by atoms with Crippen LogP contribution in [0.1, 0.15) is 38.2 Å². The number of aliphatic hydroxyl groups excluding tert-OH is 1. The van der Waals surface area contributed by atoms with Crippen molar-refractivity contribution < 1.29 is 29.0 Å². The standard InChI is InChI=1S/C22H33N5O6/c1-15(20(31)26-17(13-29)8-5-10-25-21(23)24)12-19(30)18(9-11-28)27-22(32)33-14-16-6-3-2-4-7-16/h2-4,6-7,13,15,17-18,28H,5,8-12,14H2,1H3,(H,26,31)(H,27,32)(H4,23,24,25)/t15-,17+,18-/m1/s1. The van der Waals surface area contributed by atoms with Crippen LogP contribution in [0.4, 0.5) is 4.79 Å². The van der Waals surface area contributed by atoms with E-state index in [0.717, 1.165) is 5.56 Å². The number of Topliss-reactive ketones (excluding diaryl/α,β-unsaturated/α-hetero) is 1. The number of hydrogen-bond acceptors (Lipinski definition) is 7. The summed E-state index contributed by atoms with van der Waals surface area (Å²) in [4.78, 5) is 52.1. The second-order valence-electron chi connectivity index (χ2n) is 7.54. The van der Waals surface area contributed by atoms with Gasteiger partial charge in [-0.15, -0.1) is 0 Å². The number of nitrogens with two attached hydrogens (primary N) is 2. The third kappa shape index (κ3) is 11.6. The zero-order valence-electron chi connectivity index (χ0n) is 18.7. The number of aliphatic hydroxyl groups is 1. The lowest BCUT2D eigenvalue weighted by Crippen LogP contribution is -2.44. The number of benzene rings is 1. The number of hydrogen-bond donors (Lipinski definition) is 5. The molecule has 0 aliphatic carbocycles. The first-order chi connectivity index (χ1) is 15.8. The van der Waals surface area contributed by atoms with Crippen LogP contribution in [0.3, 0.4) is 0 Å². The summed E-state index contributed by atoms with van der Waals surface area (Å²) in [5.41, 5.74) is 11.3. The van der Waals surface area contributed by atoms with Crippen molar-refractivity contribution >= 4 is 30.0 Å². The maximum Gasteiger partial charge on any atom is 0.408 e. The highest BCUT2D eigenvalue weighted by Crippen LogP contribution is 2.09. The van der Waals surface area contributed by atoms with Gasteiger partial charge in [-0.2, -0.15) is 0 Å². The molecule has 0 aliphatic rings. The highest BCUT2D eigenvalue weighted by molar-refractivity contribution is 5.92. The Balaban J connectivity index is 2.53. The van der Waals surface area contributed by atoms with Crippen LogP contribution in [0, 0.1) is 5.92 Å². The fourth-order valence-electron chi connectivity index (χ4n) is 2.91. The van der Waals surface area contributed by atoms with Gasteiger partial charge >= 0.3 is 6.09 Å². The van der Waals surface area contributed by atoms with Gasteiger partial charge < -0.3 is 36.7 Å². The minimum atomic E-state index is -1.00. The van der Waals surface area contributed by atoms with Gasteiger partial charge in [-0.3, -0.25) is 14.6 Å². The zero-order valence-corrected chi connectivity index (χ0v) is 18.7. The molecule has 0 spiro atoms. The fourth-order valence-corrected chi connectivity index (χ4v) is 2.91. The van der Waals surface area contributed by atoms with Gasteiger partial charge in [-0.05, 0) is 24.8 Å². The largest absolute Gasteiger partial charge is 0.445 e. The number of carbonyl (C=O) groups is 4. The quantitative estimate of drug-likeness (QED) is 0.104. The Bertz CT molecular complexity index is 798. The van der Waals surface area contributed by atoms with Crippen molar-refractivity contribution in [3.05, 3.63) is 35.9 Å². The van der Waals surface area contributed by atoms with Crippen LogP contribution in [0.5, 0.6) is 0 Å². The molecule has 0 aromatic heterocycles. The first-order valence-electron chi connectivity index (χ1n) is 10.7. The zero-order chi connectivity index (χ0) is 24.6. The van der Waals surface area contributed by atoms with Crippen molar-refractivity contribution in [2.24, 2.45) is 22.4 Å². The van der Waals surface area contributed by atoms with Crippen LogP contribution in [-0.2, 0) is 25.7 Å². The molecule has 0 saturated carbocycles. The number of aliphatic imine (C=N–C) groups is 1. The monoisotopic (exact) mass is 463 g/mol. The predicted octanol–water partition coefficient (Wildman–Crippen LogP) is -0.00360. The van der Waals surface area contributed by atoms with Gasteiger partial charge in [-0.1, -0.05) is 37.3 Å². The molecule has 7 N–H and O–H groups in total. The molecule has 2 amide bonds. The number of ketones is 1. The van der Waals surface area contributed by atoms with Crippen LogP contribution >= 0.6 is 0 Å². The van der Waals surface area contributed by atoms with Gasteiger partial charge in [0.1, 0.15) is 12.9 Å². The highest BCUT2D eigenvalue weighted by Gasteiger charge is 2.26. The van der Waals surface area contributed by atoms with Gasteiger partial charge in [0.25, 0.3) is 0 Å². The van der Waals surface area contributed by atoms with Crippen molar-refractivity contribution in [1.29, 1.82) is 0 Å². The van der Waals surface area contributed by atoms with E-state index in [1.165, 1.54) is 6.92 Å². The molecule has 0 saturated heterocycles. The second kappa shape index (κ2) is 15.4. The highest BCUT2D eigenvalue weighted by atomic mass is 16.5. The molecule has 11 heteroatoms. The van der Waals surface area contributed by atoms with Crippen LogP contribution in [0.25, 0.3) is 0 Å². The molecule has 3 atom stereocenters. The minimum Gasteiger partial charge on any atom is -0.445 e. The molecule has 1 rings (SSSR count). The summed E-state index contributed by atoms with van der Waals surface area (Å²) in [5.74, 6) is -1.71. The maximum absolute atomic E-state index is 12.6. The lowest BCUT2D eigenvalue weighted by molar-refractivity contribution is -0.131. The van der Waals surface area contributed by atoms with Gasteiger partial charge in [0.05, 0.1) is 12.1 Å². The molecule has 0 bridgehead atoms. The molecular weight excluding hydrogens is 430 g/mol. The lowest BCUT2D eigenvalue weighted by Gasteiger charge is -2.20. The number of nitrogens with one attached hydrogen (secondary N) is 2. The third-order valence-corrected chi connectivity index (χ3v) is 4.73. The van der Waals surface area contributed by atoms with E-state index in [9.17, 15) is 24.3 Å². The first kappa shape index (κ1) is 27.6. The Labute approximate surface area is 192 Å². The molecule has 0 aliphatic heterocycles. The predicted molar refractivity (Wildman–Crippen MR) is 122 cm³/mol. The Kier molecular flexibility index (Phi) is 12.8. The molecule has 0 fully saturated rings. The van der Waals surface area contributed by atoms with Crippen molar-refractivity contribution in [1.82, 2.24) is 10.6 Å². The van der Waals surface area contributed by atoms with Crippen molar-refractivity contribution in [2.45, 2.75) is 51.3 Å². The van der Waals surface area contributed by atoms with Crippen molar-refractivity contribution in [3.8, 4) is 0 Å². The molecule has 11 nitrogen and oxygen atoms in total. The maximum atomic E-state index is 12.6. The Hall–Kier alpha value is -3.47. The van der Waals surface area contributed by atoms with E-state index in [0.29, 0.717) is 25.7 Å². The number of rotatable bonds is 15. The van der Waals surface area contributed by atoms with E-state index in [1.54, 1.807) is 24.3 Å². The summed E-state index contributed by atoms with van der Waals surface area (Å²) < 4.78 is 5.11. The van der Waals surface area contributed by atoms with E-state index in [1.807, 2.05) is 6.07 Å². The molecule has 0 unspecified atom stereocenters. The second-order valence-corrected chi connectivity index (χ2v) is 7.54. The first-order valence-corrected chi connectivity index (χ1v) is 10.7. The van der Waals surface area contributed by atoms with Crippen molar-refractivity contribution in [2.75, 3.05) is 13.2 Å². The fraction of sp³-hybridized carbons (Fsp3) is 0.500. The van der Waals surface area contributed by atoms with E-state index in [4.69, 9.17) is 16.2 Å². The third-order valence-electron chi connectivity index (χ3n) is 4.73. The molecule has 0 radical (unpaired) electrons. The smallest absolute Gasteiger partial charge is 0.408 e. The van der Waals surface area contributed by atoms with E-state index < -0.39 is 35.8 Å². The number of nitrogens with zero attached hydrogens (tertiary/aromatic N) is 1. The molecule has 0 heterocycles. The molecule has 182 valence electrons. The van der Waals surface area contributed by atoms with Gasteiger partial charge in [-0.25, -0.2) is 4.79 Å². The summed E-state index contributed by atoms with van der Waals surface area (Å²) in [6.07, 6.45) is 0.437. The number of aldehydes is 1. The summed E-state index contributed by atoms with van der Waals surface area (Å²) in [6, 6.07) is 7.29. The van der Waals surface area contributed by atoms with Crippen LogP contribution < -0.4 is 22.1 Å². The molecule has 1 aromatic rings. The summed E-state index contributed by atoms with van der Waals surface area (Å²) in [7, 11) is 0. The summed E-state index contributed by atoms with van der Waals surface area (Å²) in [5, 5.41) is 14.3. The van der Waals surface area contributed by atoms with Crippen LogP contribution in [-0.4, -0.2) is 60.4 Å². The topological polar surface area (TPSA) is 186 Å². The number of carbonyl (C=O) groups excluding carboxylic acids is 4. The van der Waals surface area contributed by atoms with Crippen LogP contribution in [0.2, 0.25) is 0 Å². The van der Waals surface area contributed by atoms with Crippen LogP contribution in [0.15, 0.2) is 35.3 Å². The van der Waals surface area contributed by atoms with Gasteiger partial charge in [0, 0.05) is 25.5 Å². The van der Waals surface area contributed by atoms with Gasteiger partial charge in [0.15, 0.2) is 11.7 Å². The Morgan fingerprint density at radius 2 is 1.85 bits per heavy atom. The summed E-state index contributed by atoms with van der Waals surface area (Å²) in [6.45, 7) is 1.56. The number of guanidine groups is 1.